The van der Waals surface area contributed by atoms with E-state index in [0.29, 0.717) is 19.3 Å². The minimum absolute atomic E-state index is 0.0477. The third-order valence-electron chi connectivity index (χ3n) is 4.22. The maximum Gasteiger partial charge on any atom is 0.265 e. The Morgan fingerprint density at radius 2 is 1.50 bits per heavy atom. The van der Waals surface area contributed by atoms with Gasteiger partial charge in [-0.05, 0) is 38.0 Å². The molecular formula is C12H22O6S2. The van der Waals surface area contributed by atoms with E-state index in [9.17, 15) is 16.8 Å². The Morgan fingerprint density at radius 3 is 2.00 bits per heavy atom. The maximum atomic E-state index is 11.6. The molecule has 2 rings (SSSR count). The van der Waals surface area contributed by atoms with Gasteiger partial charge in [0.2, 0.25) is 0 Å². The highest BCUT2D eigenvalue weighted by Gasteiger charge is 2.54. The fourth-order valence-corrected chi connectivity index (χ4v) is 5.21. The van der Waals surface area contributed by atoms with E-state index in [0.717, 1.165) is 38.2 Å². The van der Waals surface area contributed by atoms with Crippen LogP contribution < -0.4 is 0 Å². The van der Waals surface area contributed by atoms with Crippen LogP contribution in [0.3, 0.4) is 0 Å². The second-order valence-electron chi connectivity index (χ2n) is 5.91. The monoisotopic (exact) mass is 326 g/mol. The van der Waals surface area contributed by atoms with Crippen LogP contribution in [0.5, 0.6) is 0 Å². The van der Waals surface area contributed by atoms with Crippen LogP contribution in [0.15, 0.2) is 0 Å². The van der Waals surface area contributed by atoms with Gasteiger partial charge in [0, 0.05) is 0 Å². The Balaban J connectivity index is 2.33. The summed E-state index contributed by atoms with van der Waals surface area (Å²) in [6.45, 7) is 0. The number of rotatable bonds is 5. The first-order chi connectivity index (χ1) is 9.12. The lowest BCUT2D eigenvalue weighted by Gasteiger charge is -2.38. The van der Waals surface area contributed by atoms with Crippen LogP contribution in [-0.4, -0.2) is 41.1 Å². The molecule has 0 heterocycles. The molecule has 0 aromatic rings. The molecule has 20 heavy (non-hydrogen) atoms. The summed E-state index contributed by atoms with van der Waals surface area (Å²) in [6.07, 6.45) is 6.82. The van der Waals surface area contributed by atoms with Crippen LogP contribution in [-0.2, 0) is 28.6 Å². The molecule has 2 aliphatic carbocycles. The smallest absolute Gasteiger partial charge is 0.264 e. The molecule has 2 aliphatic rings. The molecule has 6 nitrogen and oxygen atoms in total. The van der Waals surface area contributed by atoms with Crippen LogP contribution in [0.4, 0.5) is 0 Å². The summed E-state index contributed by atoms with van der Waals surface area (Å²) in [5.74, 6) is 0.0477. The van der Waals surface area contributed by atoms with E-state index in [2.05, 4.69) is 0 Å². The lowest BCUT2D eigenvalue weighted by Crippen LogP contribution is -2.49. The lowest BCUT2D eigenvalue weighted by molar-refractivity contribution is -0.0533. The second kappa shape index (κ2) is 5.55. The van der Waals surface area contributed by atoms with Gasteiger partial charge in [0.05, 0.1) is 12.5 Å². The van der Waals surface area contributed by atoms with E-state index in [1.165, 1.54) is 0 Å². The third kappa shape index (κ3) is 3.72. The molecule has 0 amide bonds. The van der Waals surface area contributed by atoms with Crippen LogP contribution in [0.25, 0.3) is 0 Å². The van der Waals surface area contributed by atoms with Crippen molar-refractivity contribution in [1.29, 1.82) is 0 Å². The van der Waals surface area contributed by atoms with Crippen molar-refractivity contribution in [3.8, 4) is 0 Å². The zero-order chi connectivity index (χ0) is 15.0. The summed E-state index contributed by atoms with van der Waals surface area (Å²) in [5, 5.41) is 0. The molecule has 2 fully saturated rings. The number of hydrogen-bond acceptors (Lipinski definition) is 6. The van der Waals surface area contributed by atoms with E-state index < -0.39 is 31.9 Å². The molecule has 0 unspecified atom stereocenters. The first-order valence-corrected chi connectivity index (χ1v) is 10.5. The maximum absolute atomic E-state index is 11.6. The first kappa shape index (κ1) is 16.2. The zero-order valence-electron chi connectivity index (χ0n) is 11.9. The standard InChI is InChI=1S/C12H22O6S2/c1-19(13,14)17-11-8-5-9-12(11,18-20(2,15)16)10-6-3-4-7-10/h10-11H,3-9H2,1-2H3/t11-,12+/m0/s1. The zero-order valence-corrected chi connectivity index (χ0v) is 13.5. The Morgan fingerprint density at radius 1 is 0.900 bits per heavy atom. The lowest BCUT2D eigenvalue weighted by atomic mass is 9.83. The summed E-state index contributed by atoms with van der Waals surface area (Å²) in [4.78, 5) is 0. The third-order valence-corrected chi connectivity index (χ3v) is 5.42. The Bertz CT molecular complexity index is 546. The quantitative estimate of drug-likeness (QED) is 0.710. The molecule has 0 aromatic carbocycles. The minimum atomic E-state index is -3.67. The summed E-state index contributed by atoms with van der Waals surface area (Å²) in [5.41, 5.74) is -1.01. The summed E-state index contributed by atoms with van der Waals surface area (Å²) in [6, 6.07) is 0. The van der Waals surface area contributed by atoms with Gasteiger partial charge in [-0.1, -0.05) is 12.8 Å². The Hall–Kier alpha value is -0.180. The molecule has 0 spiro atoms. The second-order valence-corrected chi connectivity index (χ2v) is 9.08. The van der Waals surface area contributed by atoms with Gasteiger partial charge in [-0.2, -0.15) is 16.8 Å². The van der Waals surface area contributed by atoms with E-state index in [-0.39, 0.29) is 5.92 Å². The molecule has 118 valence electrons. The van der Waals surface area contributed by atoms with E-state index in [1.54, 1.807) is 0 Å². The van der Waals surface area contributed by atoms with Gasteiger partial charge in [-0.3, -0.25) is 8.37 Å². The molecule has 0 N–H and O–H groups in total. The first-order valence-electron chi connectivity index (χ1n) is 6.91. The fourth-order valence-electron chi connectivity index (χ4n) is 3.64. The van der Waals surface area contributed by atoms with Gasteiger partial charge in [0.25, 0.3) is 20.2 Å². The predicted octanol–water partition coefficient (Wildman–Crippen LogP) is 1.42. The van der Waals surface area contributed by atoms with Crippen molar-refractivity contribution in [2.24, 2.45) is 5.92 Å². The van der Waals surface area contributed by atoms with Gasteiger partial charge >= 0.3 is 0 Å². The Labute approximate surface area is 121 Å². The Kier molecular flexibility index (Phi) is 4.49. The van der Waals surface area contributed by atoms with Crippen molar-refractivity contribution in [3.63, 3.8) is 0 Å². The predicted molar refractivity (Wildman–Crippen MR) is 74.2 cm³/mol. The molecule has 0 aliphatic heterocycles. The molecule has 0 bridgehead atoms. The van der Waals surface area contributed by atoms with Gasteiger partial charge < -0.3 is 0 Å². The minimum Gasteiger partial charge on any atom is -0.264 e. The highest BCUT2D eigenvalue weighted by atomic mass is 32.2. The number of hydrogen-bond donors (Lipinski definition) is 0. The normalized spacial score (nSPS) is 32.8. The fraction of sp³-hybridized carbons (Fsp3) is 1.00. The van der Waals surface area contributed by atoms with Crippen LogP contribution in [0.1, 0.15) is 44.9 Å². The van der Waals surface area contributed by atoms with Gasteiger partial charge in [-0.15, -0.1) is 0 Å². The SMILES string of the molecule is CS(=O)(=O)O[C@H]1CCC[C@@]1(OS(C)(=O)=O)C1CCCC1. The summed E-state index contributed by atoms with van der Waals surface area (Å²) in [7, 11) is -7.31. The van der Waals surface area contributed by atoms with Crippen molar-refractivity contribution in [2.75, 3.05) is 12.5 Å². The molecule has 0 radical (unpaired) electrons. The average molecular weight is 326 g/mol. The highest BCUT2D eigenvalue weighted by Crippen LogP contribution is 2.48. The van der Waals surface area contributed by atoms with Crippen molar-refractivity contribution >= 4 is 20.2 Å². The topological polar surface area (TPSA) is 86.7 Å². The van der Waals surface area contributed by atoms with Crippen molar-refractivity contribution in [2.45, 2.75) is 56.7 Å². The molecule has 2 atom stereocenters. The van der Waals surface area contributed by atoms with Gasteiger partial charge in [0.1, 0.15) is 11.7 Å². The van der Waals surface area contributed by atoms with E-state index in [4.69, 9.17) is 8.37 Å². The van der Waals surface area contributed by atoms with Crippen LogP contribution >= 0.6 is 0 Å². The van der Waals surface area contributed by atoms with Crippen molar-refractivity contribution < 1.29 is 25.2 Å². The molecule has 0 saturated heterocycles. The summed E-state index contributed by atoms with van der Waals surface area (Å²) < 4.78 is 56.7. The van der Waals surface area contributed by atoms with Gasteiger partial charge in [0.15, 0.2) is 0 Å². The van der Waals surface area contributed by atoms with Crippen LogP contribution in [0, 0.1) is 5.92 Å². The molecule has 0 aromatic heterocycles. The largest absolute Gasteiger partial charge is 0.265 e. The van der Waals surface area contributed by atoms with E-state index in [1.807, 2.05) is 0 Å². The average Bonchev–Trinajstić information content (AvgIpc) is 2.84. The van der Waals surface area contributed by atoms with Gasteiger partial charge in [-0.25, -0.2) is 0 Å². The summed E-state index contributed by atoms with van der Waals surface area (Å²) >= 11 is 0. The van der Waals surface area contributed by atoms with Crippen LogP contribution in [0.2, 0.25) is 0 Å². The van der Waals surface area contributed by atoms with Crippen molar-refractivity contribution in [1.82, 2.24) is 0 Å². The molecule has 2 saturated carbocycles. The highest BCUT2D eigenvalue weighted by molar-refractivity contribution is 7.86. The molecular weight excluding hydrogens is 304 g/mol. The van der Waals surface area contributed by atoms with Crippen molar-refractivity contribution in [3.05, 3.63) is 0 Å². The van der Waals surface area contributed by atoms with E-state index >= 15 is 0 Å². The molecule has 8 heteroatoms.